The number of carbonyl (C=O) groups excluding carboxylic acids is 1. The number of amides is 1. The van der Waals surface area contributed by atoms with Crippen LogP contribution in [0.3, 0.4) is 0 Å². The fourth-order valence-corrected chi connectivity index (χ4v) is 2.99. The molecular weight excluding hydrogens is 238 g/mol. The normalized spacial score (nSPS) is 26.6. The lowest BCUT2D eigenvalue weighted by Crippen LogP contribution is -2.47. The van der Waals surface area contributed by atoms with Gasteiger partial charge in [0.15, 0.2) is 0 Å². The van der Waals surface area contributed by atoms with E-state index in [-0.39, 0.29) is 17.7 Å². The molecule has 3 atom stereocenters. The summed E-state index contributed by atoms with van der Waals surface area (Å²) in [6, 6.07) is 0. The maximum absolute atomic E-state index is 12.1. The van der Waals surface area contributed by atoms with E-state index < -0.39 is 11.9 Å². The standard InChI is InChI=1S/C12H21NO3S/c1-8-4-10(12(15)16)6-13(5-8)11(14)9(2)7-17-3/h8-10H,4-7H2,1-3H3,(H,15,16). The molecule has 0 spiro atoms. The van der Waals surface area contributed by atoms with Gasteiger partial charge in [0.05, 0.1) is 5.92 Å². The minimum atomic E-state index is -0.785. The van der Waals surface area contributed by atoms with E-state index >= 15 is 0 Å². The van der Waals surface area contributed by atoms with E-state index in [0.29, 0.717) is 19.5 Å². The van der Waals surface area contributed by atoms with Gasteiger partial charge in [-0.15, -0.1) is 0 Å². The second kappa shape index (κ2) is 6.28. The van der Waals surface area contributed by atoms with Crippen LogP contribution in [0.2, 0.25) is 0 Å². The molecule has 0 saturated carbocycles. The molecule has 17 heavy (non-hydrogen) atoms. The summed E-state index contributed by atoms with van der Waals surface area (Å²) >= 11 is 1.65. The van der Waals surface area contributed by atoms with Crippen LogP contribution in [0.5, 0.6) is 0 Å². The Morgan fingerprint density at radius 3 is 2.65 bits per heavy atom. The molecule has 1 N–H and O–H groups in total. The second-order valence-corrected chi connectivity index (χ2v) is 5.89. The van der Waals surface area contributed by atoms with Crippen LogP contribution in [0, 0.1) is 17.8 Å². The molecule has 3 unspecified atom stereocenters. The zero-order valence-electron chi connectivity index (χ0n) is 10.7. The number of carboxylic acids is 1. The summed E-state index contributed by atoms with van der Waals surface area (Å²) in [7, 11) is 0. The molecule has 0 aliphatic carbocycles. The predicted octanol–water partition coefficient (Wildman–Crippen LogP) is 1.55. The van der Waals surface area contributed by atoms with Crippen LogP contribution >= 0.6 is 11.8 Å². The highest BCUT2D eigenvalue weighted by atomic mass is 32.2. The maximum atomic E-state index is 12.1. The maximum Gasteiger partial charge on any atom is 0.308 e. The van der Waals surface area contributed by atoms with Gasteiger partial charge in [0, 0.05) is 24.8 Å². The molecule has 0 aromatic carbocycles. The molecule has 0 bridgehead atoms. The molecule has 0 aromatic heterocycles. The smallest absolute Gasteiger partial charge is 0.308 e. The van der Waals surface area contributed by atoms with Crippen molar-refractivity contribution in [2.45, 2.75) is 20.3 Å². The third-order valence-electron chi connectivity index (χ3n) is 3.16. The number of nitrogens with zero attached hydrogens (tertiary/aromatic N) is 1. The first-order valence-corrected chi connectivity index (χ1v) is 7.35. The van der Waals surface area contributed by atoms with Crippen molar-refractivity contribution < 1.29 is 14.7 Å². The minimum absolute atomic E-state index is 0.0234. The number of piperidine rings is 1. The van der Waals surface area contributed by atoms with Crippen molar-refractivity contribution in [1.29, 1.82) is 0 Å². The van der Waals surface area contributed by atoms with E-state index in [4.69, 9.17) is 5.11 Å². The van der Waals surface area contributed by atoms with Crippen LogP contribution in [0.1, 0.15) is 20.3 Å². The molecule has 1 amide bonds. The molecule has 1 saturated heterocycles. The Balaban J connectivity index is 2.63. The number of carbonyl (C=O) groups is 2. The van der Waals surface area contributed by atoms with Gasteiger partial charge in [0.2, 0.25) is 5.91 Å². The molecule has 1 heterocycles. The van der Waals surface area contributed by atoms with E-state index in [9.17, 15) is 9.59 Å². The molecule has 1 fully saturated rings. The average molecular weight is 259 g/mol. The predicted molar refractivity (Wildman–Crippen MR) is 69.0 cm³/mol. The molecule has 1 rings (SSSR count). The summed E-state index contributed by atoms with van der Waals surface area (Å²) in [6.07, 6.45) is 2.65. The van der Waals surface area contributed by atoms with Gasteiger partial charge >= 0.3 is 5.97 Å². The van der Waals surface area contributed by atoms with Crippen LogP contribution < -0.4 is 0 Å². The highest BCUT2D eigenvalue weighted by Gasteiger charge is 2.33. The van der Waals surface area contributed by atoms with E-state index in [1.807, 2.05) is 20.1 Å². The summed E-state index contributed by atoms with van der Waals surface area (Å²) in [4.78, 5) is 24.9. The Bertz CT molecular complexity index is 295. The highest BCUT2D eigenvalue weighted by Crippen LogP contribution is 2.23. The number of aliphatic carboxylic acids is 1. The molecule has 1 aliphatic heterocycles. The highest BCUT2D eigenvalue weighted by molar-refractivity contribution is 7.98. The van der Waals surface area contributed by atoms with Crippen molar-refractivity contribution in [2.75, 3.05) is 25.1 Å². The third-order valence-corrected chi connectivity index (χ3v) is 3.99. The first-order chi connectivity index (χ1) is 7.95. The van der Waals surface area contributed by atoms with Gasteiger partial charge in [0.25, 0.3) is 0 Å². The van der Waals surface area contributed by atoms with Crippen LogP contribution in [-0.2, 0) is 9.59 Å². The SMILES string of the molecule is CSCC(C)C(=O)N1CC(C)CC(C(=O)O)C1. The van der Waals surface area contributed by atoms with Crippen molar-refractivity contribution in [3.8, 4) is 0 Å². The Morgan fingerprint density at radius 1 is 1.47 bits per heavy atom. The summed E-state index contributed by atoms with van der Waals surface area (Å²) < 4.78 is 0. The largest absolute Gasteiger partial charge is 0.481 e. The summed E-state index contributed by atoms with van der Waals surface area (Å²) in [5, 5.41) is 9.06. The van der Waals surface area contributed by atoms with Crippen molar-refractivity contribution >= 4 is 23.6 Å². The molecule has 4 nitrogen and oxygen atoms in total. The second-order valence-electron chi connectivity index (χ2n) is 4.98. The van der Waals surface area contributed by atoms with Gasteiger partial charge in [-0.2, -0.15) is 11.8 Å². The molecule has 0 radical (unpaired) electrons. The van der Waals surface area contributed by atoms with Crippen molar-refractivity contribution in [3.63, 3.8) is 0 Å². The first kappa shape index (κ1) is 14.4. The number of carboxylic acid groups (broad SMARTS) is 1. The molecule has 98 valence electrons. The van der Waals surface area contributed by atoms with Gasteiger partial charge in [-0.05, 0) is 18.6 Å². The summed E-state index contributed by atoms with van der Waals surface area (Å²) in [6.45, 7) is 4.99. The molecule has 1 aliphatic rings. The molecule has 0 aromatic rings. The number of thioether (sulfide) groups is 1. The Labute approximate surface area is 107 Å². The Kier molecular flexibility index (Phi) is 5.31. The number of hydrogen-bond donors (Lipinski definition) is 1. The fourth-order valence-electron chi connectivity index (χ4n) is 2.34. The lowest BCUT2D eigenvalue weighted by atomic mass is 9.90. The minimum Gasteiger partial charge on any atom is -0.481 e. The van der Waals surface area contributed by atoms with Crippen LogP contribution in [-0.4, -0.2) is 47.0 Å². The molecular formula is C12H21NO3S. The van der Waals surface area contributed by atoms with Crippen molar-refractivity contribution in [2.24, 2.45) is 17.8 Å². The lowest BCUT2D eigenvalue weighted by Gasteiger charge is -2.36. The van der Waals surface area contributed by atoms with Crippen LogP contribution in [0.15, 0.2) is 0 Å². The third kappa shape index (κ3) is 3.91. The summed E-state index contributed by atoms with van der Waals surface area (Å²) in [5.74, 6) is -0.0465. The Morgan fingerprint density at radius 2 is 2.12 bits per heavy atom. The fraction of sp³-hybridized carbons (Fsp3) is 0.833. The van der Waals surface area contributed by atoms with Crippen molar-refractivity contribution in [3.05, 3.63) is 0 Å². The monoisotopic (exact) mass is 259 g/mol. The van der Waals surface area contributed by atoms with E-state index in [2.05, 4.69) is 0 Å². The quantitative estimate of drug-likeness (QED) is 0.832. The number of hydrogen-bond acceptors (Lipinski definition) is 3. The molecule has 5 heteroatoms. The van der Waals surface area contributed by atoms with E-state index in [1.165, 1.54) is 0 Å². The van der Waals surface area contributed by atoms with Crippen molar-refractivity contribution in [1.82, 2.24) is 4.90 Å². The van der Waals surface area contributed by atoms with Gasteiger partial charge in [-0.1, -0.05) is 13.8 Å². The summed E-state index contributed by atoms with van der Waals surface area (Å²) in [5.41, 5.74) is 0. The van der Waals surface area contributed by atoms with E-state index in [0.717, 1.165) is 5.75 Å². The zero-order valence-corrected chi connectivity index (χ0v) is 11.5. The topological polar surface area (TPSA) is 57.6 Å². The van der Waals surface area contributed by atoms with Crippen LogP contribution in [0.25, 0.3) is 0 Å². The van der Waals surface area contributed by atoms with Crippen LogP contribution in [0.4, 0.5) is 0 Å². The van der Waals surface area contributed by atoms with E-state index in [1.54, 1.807) is 16.7 Å². The number of rotatable bonds is 4. The Hall–Kier alpha value is -0.710. The number of likely N-dealkylation sites (tertiary alicyclic amines) is 1. The first-order valence-electron chi connectivity index (χ1n) is 5.96. The lowest BCUT2D eigenvalue weighted by molar-refractivity contribution is -0.147. The van der Waals surface area contributed by atoms with Gasteiger partial charge < -0.3 is 10.0 Å². The van der Waals surface area contributed by atoms with Gasteiger partial charge in [0.1, 0.15) is 0 Å². The van der Waals surface area contributed by atoms with Gasteiger partial charge in [-0.3, -0.25) is 9.59 Å². The average Bonchev–Trinajstić information content (AvgIpc) is 2.27. The van der Waals surface area contributed by atoms with Gasteiger partial charge in [-0.25, -0.2) is 0 Å². The zero-order chi connectivity index (χ0) is 13.0.